The Morgan fingerprint density at radius 2 is 1.28 bits per heavy atom. The molecule has 0 N–H and O–H groups in total. The second kappa shape index (κ2) is 13.9. The molecule has 0 aromatic heterocycles. The molecule has 0 amide bonds. The number of aryl methyl sites for hydroxylation is 1. The van der Waals surface area contributed by atoms with Crippen molar-refractivity contribution in [3.05, 3.63) is 47.3 Å². The fourth-order valence-corrected chi connectivity index (χ4v) is 3.10. The first-order chi connectivity index (χ1) is 15.3. The van der Waals surface area contributed by atoms with E-state index in [-0.39, 0.29) is 17.0 Å². The lowest BCUT2D eigenvalue weighted by atomic mass is 9.86. The molecule has 4 rings (SSSR count). The van der Waals surface area contributed by atoms with Gasteiger partial charge in [0.25, 0.3) is 0 Å². The summed E-state index contributed by atoms with van der Waals surface area (Å²) in [4.78, 5) is 0. The Bertz CT molecular complexity index is 812. The molecule has 2 heterocycles. The second-order valence-electron chi connectivity index (χ2n) is 8.20. The molecule has 32 heavy (non-hydrogen) atoms. The topological polar surface area (TPSA) is 36.9 Å². The van der Waals surface area contributed by atoms with Crippen LogP contribution in [0.15, 0.2) is 30.3 Å². The summed E-state index contributed by atoms with van der Waals surface area (Å²) < 4.78 is 34.9. The number of halogens is 1. The Hall–Kier alpha value is -2.43. The van der Waals surface area contributed by atoms with Gasteiger partial charge in [-0.2, -0.15) is 0 Å². The van der Waals surface area contributed by atoms with Crippen LogP contribution in [-0.2, 0) is 11.8 Å². The van der Waals surface area contributed by atoms with Crippen molar-refractivity contribution in [3.63, 3.8) is 0 Å². The monoisotopic (exact) mass is 448 g/mol. The molecule has 2 aromatic carbocycles. The first-order valence-corrected chi connectivity index (χ1v) is 11.8. The zero-order valence-electron chi connectivity index (χ0n) is 21.1. The molecule has 2 aromatic rings. The lowest BCUT2D eigenvalue weighted by Gasteiger charge is -2.27. The van der Waals surface area contributed by atoms with Gasteiger partial charge >= 0.3 is 0 Å². The number of hydrogen-bond donors (Lipinski definition) is 0. The molecule has 0 saturated heterocycles. The molecule has 180 valence electrons. The van der Waals surface area contributed by atoms with E-state index in [9.17, 15) is 4.39 Å². The van der Waals surface area contributed by atoms with Gasteiger partial charge in [0.15, 0.2) is 28.8 Å². The van der Waals surface area contributed by atoms with Crippen molar-refractivity contribution in [2.75, 3.05) is 26.4 Å². The van der Waals surface area contributed by atoms with E-state index in [4.69, 9.17) is 18.9 Å². The van der Waals surface area contributed by atoms with Crippen LogP contribution in [0.4, 0.5) is 4.39 Å². The molecular formula is C27H41FO4. The van der Waals surface area contributed by atoms with Gasteiger partial charge in [-0.25, -0.2) is 4.39 Å². The van der Waals surface area contributed by atoms with Crippen LogP contribution in [0.1, 0.15) is 72.9 Å². The smallest absolute Gasteiger partial charge is 0.197 e. The first-order valence-electron chi connectivity index (χ1n) is 11.8. The lowest BCUT2D eigenvalue weighted by molar-refractivity contribution is 0.163. The summed E-state index contributed by atoms with van der Waals surface area (Å²) in [5, 5.41) is 0. The molecule has 0 radical (unpaired) electrons. The van der Waals surface area contributed by atoms with Crippen molar-refractivity contribution in [1.82, 2.24) is 0 Å². The normalized spacial score (nSPS) is 13.3. The predicted octanol–water partition coefficient (Wildman–Crippen LogP) is 7.36. The van der Waals surface area contributed by atoms with Crippen LogP contribution < -0.4 is 18.9 Å². The number of benzene rings is 2. The first kappa shape index (κ1) is 27.6. The van der Waals surface area contributed by atoms with Crippen molar-refractivity contribution >= 4 is 0 Å². The van der Waals surface area contributed by atoms with Crippen molar-refractivity contribution in [2.45, 2.75) is 73.6 Å². The Labute approximate surface area is 194 Å². The van der Waals surface area contributed by atoms with E-state index < -0.39 is 0 Å². The van der Waals surface area contributed by atoms with E-state index >= 15 is 0 Å². The molecule has 0 saturated carbocycles. The Kier molecular flexibility index (Phi) is 12.0. The Balaban J connectivity index is 0.000000268. The van der Waals surface area contributed by atoms with Crippen LogP contribution in [0.3, 0.4) is 0 Å². The number of para-hydroxylation sites is 1. The number of hydrogen-bond acceptors (Lipinski definition) is 4. The van der Waals surface area contributed by atoms with E-state index in [1.165, 1.54) is 18.1 Å². The third-order valence-electron chi connectivity index (χ3n) is 4.48. The van der Waals surface area contributed by atoms with Gasteiger partial charge in [-0.15, -0.1) is 0 Å². The largest absolute Gasteiger partial charge is 0.486 e. The van der Waals surface area contributed by atoms with Crippen molar-refractivity contribution in [2.24, 2.45) is 0 Å². The van der Waals surface area contributed by atoms with E-state index in [1.807, 2.05) is 32.9 Å². The Morgan fingerprint density at radius 3 is 1.84 bits per heavy atom. The van der Waals surface area contributed by atoms with Crippen LogP contribution >= 0.6 is 0 Å². The maximum atomic E-state index is 13.2. The summed E-state index contributed by atoms with van der Waals surface area (Å²) in [6.45, 7) is 19.0. The summed E-state index contributed by atoms with van der Waals surface area (Å²) in [6, 6.07) is 9.25. The molecule has 5 heteroatoms. The van der Waals surface area contributed by atoms with Crippen molar-refractivity contribution in [3.8, 4) is 23.0 Å². The predicted molar refractivity (Wildman–Crippen MR) is 130 cm³/mol. The average Bonchev–Trinajstić information content (AvgIpc) is 2.81. The quantitative estimate of drug-likeness (QED) is 0.457. The lowest BCUT2D eigenvalue weighted by Crippen LogP contribution is -2.20. The second-order valence-corrected chi connectivity index (χ2v) is 8.20. The summed E-state index contributed by atoms with van der Waals surface area (Å²) in [5.41, 5.74) is 2.32. The Morgan fingerprint density at radius 1 is 0.750 bits per heavy atom. The SMILES string of the molecule is CC.CC(C)(C)c1cccc2c1OCCO2.CCC.CCc1ccc(F)c2c1OCCO2. The van der Waals surface area contributed by atoms with E-state index in [0.717, 1.165) is 23.5 Å². The number of ether oxygens (including phenoxy) is 4. The van der Waals surface area contributed by atoms with Crippen LogP contribution in [0, 0.1) is 5.82 Å². The summed E-state index contributed by atoms with van der Waals surface area (Å²) in [6.07, 6.45) is 2.08. The average molecular weight is 449 g/mol. The zero-order chi connectivity index (χ0) is 24.1. The fraction of sp³-hybridized carbons (Fsp3) is 0.556. The molecule has 0 bridgehead atoms. The van der Waals surface area contributed by atoms with Crippen LogP contribution in [0.25, 0.3) is 0 Å². The summed E-state index contributed by atoms with van der Waals surface area (Å²) in [5.74, 6) is 2.31. The molecule has 2 aliphatic rings. The number of rotatable bonds is 1. The maximum Gasteiger partial charge on any atom is 0.197 e. The molecular weight excluding hydrogens is 407 g/mol. The van der Waals surface area contributed by atoms with Gasteiger partial charge in [0, 0.05) is 5.56 Å². The molecule has 0 aliphatic carbocycles. The van der Waals surface area contributed by atoms with Gasteiger partial charge in [0.1, 0.15) is 26.4 Å². The molecule has 0 fully saturated rings. The highest BCUT2D eigenvalue weighted by atomic mass is 19.1. The highest BCUT2D eigenvalue weighted by molar-refractivity contribution is 5.50. The van der Waals surface area contributed by atoms with Crippen molar-refractivity contribution < 1.29 is 23.3 Å². The van der Waals surface area contributed by atoms with E-state index in [0.29, 0.717) is 32.2 Å². The van der Waals surface area contributed by atoms with Crippen LogP contribution in [0.2, 0.25) is 0 Å². The third kappa shape index (κ3) is 7.61. The number of fused-ring (bicyclic) bond motifs is 2. The van der Waals surface area contributed by atoms with Gasteiger partial charge in [-0.1, -0.05) is 80.0 Å². The van der Waals surface area contributed by atoms with E-state index in [2.05, 4.69) is 40.7 Å². The third-order valence-corrected chi connectivity index (χ3v) is 4.48. The fourth-order valence-electron chi connectivity index (χ4n) is 3.10. The van der Waals surface area contributed by atoms with Gasteiger partial charge < -0.3 is 18.9 Å². The highest BCUT2D eigenvalue weighted by Gasteiger charge is 2.23. The maximum absolute atomic E-state index is 13.2. The molecule has 4 nitrogen and oxygen atoms in total. The summed E-state index contributed by atoms with van der Waals surface area (Å²) >= 11 is 0. The van der Waals surface area contributed by atoms with Gasteiger partial charge in [-0.05, 0) is 29.5 Å². The zero-order valence-corrected chi connectivity index (χ0v) is 21.1. The molecule has 2 aliphatic heterocycles. The minimum Gasteiger partial charge on any atom is -0.486 e. The molecule has 0 atom stereocenters. The standard InChI is InChI=1S/C12H16O2.C10H11FO2.C3H8.C2H6/c1-12(2,3)9-5-4-6-10-11(9)14-8-7-13-10;1-2-7-3-4-8(11)10-9(7)12-5-6-13-10;1-3-2;1-2/h4-6H,7-8H2,1-3H3;3-4H,2,5-6H2,1H3;3H2,1-2H3;1-2H3. The molecule has 0 unspecified atom stereocenters. The highest BCUT2D eigenvalue weighted by Crippen LogP contribution is 2.40. The molecule has 0 spiro atoms. The van der Waals surface area contributed by atoms with Crippen LogP contribution in [-0.4, -0.2) is 26.4 Å². The van der Waals surface area contributed by atoms with Gasteiger partial charge in [-0.3, -0.25) is 0 Å². The summed E-state index contributed by atoms with van der Waals surface area (Å²) in [7, 11) is 0. The van der Waals surface area contributed by atoms with Crippen molar-refractivity contribution in [1.29, 1.82) is 0 Å². The van der Waals surface area contributed by atoms with Gasteiger partial charge in [0.2, 0.25) is 0 Å². The van der Waals surface area contributed by atoms with E-state index in [1.54, 1.807) is 6.07 Å². The minimum absolute atomic E-state index is 0.103. The van der Waals surface area contributed by atoms with Crippen LogP contribution in [0.5, 0.6) is 23.0 Å². The van der Waals surface area contributed by atoms with Gasteiger partial charge in [0.05, 0.1) is 0 Å². The minimum atomic E-state index is -0.341.